The Morgan fingerprint density at radius 3 is 2.71 bits per heavy atom. The third kappa shape index (κ3) is 7.24. The molecule has 7 nitrogen and oxygen atoms in total. The Hall–Kier alpha value is -1.93. The van der Waals surface area contributed by atoms with Crippen molar-refractivity contribution in [2.45, 2.75) is 19.9 Å². The van der Waals surface area contributed by atoms with Gasteiger partial charge in [0, 0.05) is 25.7 Å². The highest BCUT2D eigenvalue weighted by molar-refractivity contribution is 7.98. The summed E-state index contributed by atoms with van der Waals surface area (Å²) in [5.74, 6) is 4.47. The van der Waals surface area contributed by atoms with E-state index in [1.165, 1.54) is 0 Å². The molecule has 0 aliphatic carbocycles. The van der Waals surface area contributed by atoms with Gasteiger partial charge in [0.15, 0.2) is 11.8 Å². The zero-order valence-corrected chi connectivity index (χ0v) is 18.6. The standard InChI is InChI=1S/C19H29ClN6OS/c1-15-23-24-18(26(15)3)14-22-19(21-10-5-13-28-4)25(2)11-12-27-17-8-6-16(20)7-9-17/h6-9H,5,10-14H2,1-4H3,(H,21,22). The minimum atomic E-state index is 0.477. The van der Waals surface area contributed by atoms with E-state index in [2.05, 4.69) is 26.7 Å². The summed E-state index contributed by atoms with van der Waals surface area (Å²) in [7, 11) is 3.96. The molecule has 0 atom stereocenters. The summed E-state index contributed by atoms with van der Waals surface area (Å²) >= 11 is 7.75. The van der Waals surface area contributed by atoms with Gasteiger partial charge in [0.1, 0.15) is 24.7 Å². The molecule has 154 valence electrons. The van der Waals surface area contributed by atoms with Crippen LogP contribution in [0.2, 0.25) is 5.02 Å². The second kappa shape index (κ2) is 11.8. The number of hydrogen-bond donors (Lipinski definition) is 1. The second-order valence-electron chi connectivity index (χ2n) is 6.36. The number of nitrogens with one attached hydrogen (secondary N) is 1. The molecule has 1 aromatic heterocycles. The number of rotatable bonds is 10. The number of likely N-dealkylation sites (N-methyl/N-ethyl adjacent to an activating group) is 1. The van der Waals surface area contributed by atoms with Crippen LogP contribution in [0.5, 0.6) is 5.75 Å². The summed E-state index contributed by atoms with van der Waals surface area (Å²) in [6.07, 6.45) is 3.20. The van der Waals surface area contributed by atoms with Crippen LogP contribution < -0.4 is 10.1 Å². The second-order valence-corrected chi connectivity index (χ2v) is 7.78. The highest BCUT2D eigenvalue weighted by Gasteiger charge is 2.09. The summed E-state index contributed by atoms with van der Waals surface area (Å²) in [6, 6.07) is 7.39. The Kier molecular flexibility index (Phi) is 9.43. The molecule has 0 fully saturated rings. The van der Waals surface area contributed by atoms with Gasteiger partial charge in [-0.2, -0.15) is 11.8 Å². The van der Waals surface area contributed by atoms with E-state index < -0.39 is 0 Å². The van der Waals surface area contributed by atoms with Gasteiger partial charge in [0.25, 0.3) is 0 Å². The number of aliphatic imine (C=N–C) groups is 1. The first-order valence-electron chi connectivity index (χ1n) is 9.23. The van der Waals surface area contributed by atoms with Crippen LogP contribution in [0.4, 0.5) is 0 Å². The largest absolute Gasteiger partial charge is 0.492 e. The monoisotopic (exact) mass is 424 g/mol. The van der Waals surface area contributed by atoms with Crippen molar-refractivity contribution < 1.29 is 4.74 Å². The Bertz CT molecular complexity index is 749. The van der Waals surface area contributed by atoms with E-state index in [0.717, 1.165) is 42.1 Å². The molecule has 0 amide bonds. The molecule has 1 heterocycles. The molecule has 0 radical (unpaired) electrons. The lowest BCUT2D eigenvalue weighted by molar-refractivity contribution is 0.281. The Balaban J connectivity index is 1.92. The molecule has 0 unspecified atom stereocenters. The van der Waals surface area contributed by atoms with Gasteiger partial charge >= 0.3 is 0 Å². The number of nitrogens with zero attached hydrogens (tertiary/aromatic N) is 5. The van der Waals surface area contributed by atoms with Gasteiger partial charge in [-0.15, -0.1) is 10.2 Å². The smallest absolute Gasteiger partial charge is 0.194 e. The summed E-state index contributed by atoms with van der Waals surface area (Å²) in [4.78, 5) is 6.80. The van der Waals surface area contributed by atoms with Gasteiger partial charge in [-0.05, 0) is 49.6 Å². The molecular formula is C19H29ClN6OS. The first-order valence-corrected chi connectivity index (χ1v) is 11.0. The maximum absolute atomic E-state index is 5.91. The van der Waals surface area contributed by atoms with Crippen LogP contribution in [-0.2, 0) is 13.6 Å². The fourth-order valence-electron chi connectivity index (χ4n) is 2.40. The quantitative estimate of drug-likeness (QED) is 0.359. The SMILES string of the molecule is CSCCCNC(=NCc1nnc(C)n1C)N(C)CCOc1ccc(Cl)cc1. The first kappa shape index (κ1) is 22.4. The highest BCUT2D eigenvalue weighted by Crippen LogP contribution is 2.15. The molecule has 2 rings (SSSR count). The molecule has 9 heteroatoms. The maximum Gasteiger partial charge on any atom is 0.194 e. The molecule has 0 spiro atoms. The van der Waals surface area contributed by atoms with Crippen molar-refractivity contribution in [1.29, 1.82) is 0 Å². The van der Waals surface area contributed by atoms with Crippen LogP contribution in [0.15, 0.2) is 29.3 Å². The molecule has 2 aromatic rings. The molecule has 1 aromatic carbocycles. The minimum absolute atomic E-state index is 0.477. The minimum Gasteiger partial charge on any atom is -0.492 e. The van der Waals surface area contributed by atoms with Gasteiger partial charge in [-0.25, -0.2) is 4.99 Å². The van der Waals surface area contributed by atoms with Crippen molar-refractivity contribution in [2.75, 3.05) is 38.8 Å². The first-order chi connectivity index (χ1) is 13.5. The Labute approximate surface area is 176 Å². The van der Waals surface area contributed by atoms with Crippen LogP contribution in [0.25, 0.3) is 0 Å². The van der Waals surface area contributed by atoms with Crippen molar-refractivity contribution in [1.82, 2.24) is 25.0 Å². The van der Waals surface area contributed by atoms with Gasteiger partial charge in [0.2, 0.25) is 0 Å². The van der Waals surface area contributed by atoms with Crippen LogP contribution in [-0.4, -0.2) is 64.4 Å². The fourth-order valence-corrected chi connectivity index (χ4v) is 2.96. The summed E-state index contributed by atoms with van der Waals surface area (Å²) in [5, 5.41) is 12.4. The summed E-state index contributed by atoms with van der Waals surface area (Å²) < 4.78 is 7.75. The molecular weight excluding hydrogens is 396 g/mol. The Morgan fingerprint density at radius 2 is 2.07 bits per heavy atom. The van der Waals surface area contributed by atoms with Crippen molar-refractivity contribution in [3.8, 4) is 5.75 Å². The maximum atomic E-state index is 5.91. The topological polar surface area (TPSA) is 67.6 Å². The predicted molar refractivity (Wildman–Crippen MR) is 117 cm³/mol. The van der Waals surface area contributed by atoms with Crippen molar-refractivity contribution in [3.63, 3.8) is 0 Å². The van der Waals surface area contributed by atoms with E-state index in [1.54, 1.807) is 0 Å². The van der Waals surface area contributed by atoms with E-state index in [0.29, 0.717) is 24.7 Å². The number of guanidine groups is 1. The molecule has 0 saturated heterocycles. The lowest BCUT2D eigenvalue weighted by atomic mass is 10.3. The van der Waals surface area contributed by atoms with E-state index >= 15 is 0 Å². The average Bonchev–Trinajstić information content (AvgIpc) is 3.01. The van der Waals surface area contributed by atoms with Gasteiger partial charge in [0.05, 0.1) is 6.54 Å². The average molecular weight is 425 g/mol. The van der Waals surface area contributed by atoms with Gasteiger partial charge in [-0.1, -0.05) is 11.6 Å². The molecule has 0 aliphatic heterocycles. The molecule has 0 aliphatic rings. The summed E-state index contributed by atoms with van der Waals surface area (Å²) in [6.45, 7) is 4.54. The molecule has 1 N–H and O–H groups in total. The van der Waals surface area contributed by atoms with E-state index in [9.17, 15) is 0 Å². The lowest BCUT2D eigenvalue weighted by Crippen LogP contribution is -2.41. The number of aromatic nitrogens is 3. The third-order valence-corrected chi connectivity index (χ3v) is 5.18. The van der Waals surface area contributed by atoms with Crippen LogP contribution in [0.3, 0.4) is 0 Å². The molecule has 28 heavy (non-hydrogen) atoms. The fraction of sp³-hybridized carbons (Fsp3) is 0.526. The number of aryl methyl sites for hydroxylation is 1. The van der Waals surface area contributed by atoms with Crippen molar-refractivity contribution >= 4 is 29.3 Å². The van der Waals surface area contributed by atoms with Gasteiger partial charge in [-0.3, -0.25) is 0 Å². The van der Waals surface area contributed by atoms with E-state index in [-0.39, 0.29) is 0 Å². The predicted octanol–water partition coefficient (Wildman–Crippen LogP) is 2.99. The zero-order chi connectivity index (χ0) is 20.4. The summed E-state index contributed by atoms with van der Waals surface area (Å²) in [5.41, 5.74) is 0. The third-order valence-electron chi connectivity index (χ3n) is 4.23. The lowest BCUT2D eigenvalue weighted by Gasteiger charge is -2.22. The van der Waals surface area contributed by atoms with Gasteiger partial charge < -0.3 is 19.5 Å². The van der Waals surface area contributed by atoms with Crippen LogP contribution >= 0.6 is 23.4 Å². The van der Waals surface area contributed by atoms with Crippen LogP contribution in [0, 0.1) is 6.92 Å². The van der Waals surface area contributed by atoms with E-state index in [4.69, 9.17) is 21.3 Å². The zero-order valence-electron chi connectivity index (χ0n) is 17.0. The molecule has 0 bridgehead atoms. The highest BCUT2D eigenvalue weighted by atomic mass is 35.5. The van der Waals surface area contributed by atoms with Crippen LogP contribution in [0.1, 0.15) is 18.1 Å². The van der Waals surface area contributed by atoms with E-state index in [1.807, 2.05) is 61.6 Å². The van der Waals surface area contributed by atoms with Crippen molar-refractivity contribution in [3.05, 3.63) is 40.9 Å². The van der Waals surface area contributed by atoms with Crippen molar-refractivity contribution in [2.24, 2.45) is 12.0 Å². The Morgan fingerprint density at radius 1 is 1.32 bits per heavy atom. The number of ether oxygens (including phenoxy) is 1. The number of benzene rings is 1. The molecule has 0 saturated carbocycles. The number of halogens is 1. The number of hydrogen-bond acceptors (Lipinski definition) is 5. The normalized spacial score (nSPS) is 11.5. The number of thioether (sulfide) groups is 1.